The Bertz CT molecular complexity index is 621. The minimum Gasteiger partial charge on any atom is -0.496 e. The molecule has 0 radical (unpaired) electrons. The van der Waals surface area contributed by atoms with Gasteiger partial charge in [0, 0.05) is 16.7 Å². The second-order valence-corrected chi connectivity index (χ2v) is 4.27. The van der Waals surface area contributed by atoms with Crippen molar-refractivity contribution in [3.8, 4) is 5.75 Å². The molecule has 0 spiro atoms. The van der Waals surface area contributed by atoms with Gasteiger partial charge in [-0.1, -0.05) is 11.6 Å². The van der Waals surface area contributed by atoms with E-state index in [-0.39, 0.29) is 16.9 Å². The molecule has 0 aromatic heterocycles. The summed E-state index contributed by atoms with van der Waals surface area (Å²) in [6.07, 6.45) is 0. The highest BCUT2D eigenvalue weighted by Gasteiger charge is 2.16. The number of ketones is 1. The Morgan fingerprint density at radius 1 is 1.11 bits per heavy atom. The van der Waals surface area contributed by atoms with Gasteiger partial charge in [0.2, 0.25) is 0 Å². The van der Waals surface area contributed by atoms with Gasteiger partial charge in [0.15, 0.2) is 5.78 Å². The van der Waals surface area contributed by atoms with Crippen LogP contribution in [-0.4, -0.2) is 12.9 Å². The third kappa shape index (κ3) is 2.90. The normalized spacial score (nSPS) is 10.3. The molecule has 0 aliphatic heterocycles. The topological polar surface area (TPSA) is 26.3 Å². The van der Waals surface area contributed by atoms with Crippen molar-refractivity contribution in [3.63, 3.8) is 0 Å². The van der Waals surface area contributed by atoms with Crippen LogP contribution in [0.5, 0.6) is 5.75 Å². The van der Waals surface area contributed by atoms with Gasteiger partial charge in [0.05, 0.1) is 12.7 Å². The molecule has 19 heavy (non-hydrogen) atoms. The Balaban J connectivity index is 2.49. The lowest BCUT2D eigenvalue weighted by Gasteiger charge is -2.08. The van der Waals surface area contributed by atoms with Crippen LogP contribution in [-0.2, 0) is 0 Å². The molecular formula is C14H9ClF2O2. The molecule has 2 aromatic rings. The maximum atomic E-state index is 13.1. The maximum Gasteiger partial charge on any atom is 0.196 e. The highest BCUT2D eigenvalue weighted by molar-refractivity contribution is 6.31. The fourth-order valence-corrected chi connectivity index (χ4v) is 1.86. The molecule has 0 N–H and O–H groups in total. The first-order valence-corrected chi connectivity index (χ1v) is 5.73. The molecule has 0 aliphatic rings. The average molecular weight is 283 g/mol. The monoisotopic (exact) mass is 282 g/mol. The summed E-state index contributed by atoms with van der Waals surface area (Å²) in [6.45, 7) is 0. The van der Waals surface area contributed by atoms with E-state index in [4.69, 9.17) is 16.3 Å². The van der Waals surface area contributed by atoms with E-state index < -0.39 is 17.4 Å². The van der Waals surface area contributed by atoms with Gasteiger partial charge in [0.1, 0.15) is 17.4 Å². The van der Waals surface area contributed by atoms with Crippen LogP contribution in [0.25, 0.3) is 0 Å². The quantitative estimate of drug-likeness (QED) is 0.799. The molecule has 0 bridgehead atoms. The zero-order valence-electron chi connectivity index (χ0n) is 9.91. The Hall–Kier alpha value is -1.94. The van der Waals surface area contributed by atoms with Crippen LogP contribution < -0.4 is 4.74 Å². The molecule has 0 heterocycles. The maximum absolute atomic E-state index is 13.1. The molecule has 98 valence electrons. The lowest BCUT2D eigenvalue weighted by molar-refractivity contribution is 0.103. The molecule has 0 amide bonds. The number of methoxy groups -OCH3 is 1. The van der Waals surface area contributed by atoms with Gasteiger partial charge < -0.3 is 4.74 Å². The minimum atomic E-state index is -0.809. The molecule has 0 saturated heterocycles. The predicted octanol–water partition coefficient (Wildman–Crippen LogP) is 3.86. The Morgan fingerprint density at radius 3 is 2.32 bits per heavy atom. The molecule has 0 unspecified atom stereocenters. The van der Waals surface area contributed by atoms with Crippen molar-refractivity contribution in [2.75, 3.05) is 7.11 Å². The summed E-state index contributed by atoms with van der Waals surface area (Å²) >= 11 is 5.79. The molecule has 2 nitrogen and oxygen atoms in total. The lowest BCUT2D eigenvalue weighted by atomic mass is 10.0. The predicted molar refractivity (Wildman–Crippen MR) is 67.8 cm³/mol. The number of ether oxygens (including phenoxy) is 1. The van der Waals surface area contributed by atoms with Crippen molar-refractivity contribution >= 4 is 17.4 Å². The number of halogens is 3. The Kier molecular flexibility index (Phi) is 3.81. The fourth-order valence-electron chi connectivity index (χ4n) is 1.69. The average Bonchev–Trinajstić information content (AvgIpc) is 2.36. The molecule has 2 rings (SSSR count). The lowest BCUT2D eigenvalue weighted by Crippen LogP contribution is -2.05. The summed E-state index contributed by atoms with van der Waals surface area (Å²) in [4.78, 5) is 12.2. The molecular weight excluding hydrogens is 274 g/mol. The van der Waals surface area contributed by atoms with E-state index in [1.165, 1.54) is 25.3 Å². The van der Waals surface area contributed by atoms with E-state index in [0.717, 1.165) is 12.1 Å². The zero-order chi connectivity index (χ0) is 14.0. The zero-order valence-corrected chi connectivity index (χ0v) is 10.7. The largest absolute Gasteiger partial charge is 0.496 e. The van der Waals surface area contributed by atoms with E-state index >= 15 is 0 Å². The second kappa shape index (κ2) is 5.36. The minimum absolute atomic E-state index is 0.0851. The highest BCUT2D eigenvalue weighted by Crippen LogP contribution is 2.26. The van der Waals surface area contributed by atoms with E-state index in [2.05, 4.69) is 0 Å². The van der Waals surface area contributed by atoms with Gasteiger partial charge in [-0.05, 0) is 30.3 Å². The van der Waals surface area contributed by atoms with Gasteiger partial charge >= 0.3 is 0 Å². The van der Waals surface area contributed by atoms with Gasteiger partial charge in [-0.3, -0.25) is 4.79 Å². The first-order chi connectivity index (χ1) is 9.01. The second-order valence-electron chi connectivity index (χ2n) is 3.83. The van der Waals surface area contributed by atoms with Gasteiger partial charge in [-0.25, -0.2) is 8.78 Å². The molecule has 0 aliphatic carbocycles. The molecule has 5 heteroatoms. The van der Waals surface area contributed by atoms with Gasteiger partial charge in [-0.15, -0.1) is 0 Å². The third-order valence-electron chi connectivity index (χ3n) is 2.53. The van der Waals surface area contributed by atoms with Gasteiger partial charge in [0.25, 0.3) is 0 Å². The van der Waals surface area contributed by atoms with E-state index in [1.807, 2.05) is 0 Å². The first kappa shape index (κ1) is 13.5. The number of hydrogen-bond donors (Lipinski definition) is 0. The van der Waals surface area contributed by atoms with E-state index in [1.54, 1.807) is 0 Å². The van der Waals surface area contributed by atoms with Crippen LogP contribution in [0.3, 0.4) is 0 Å². The Labute approximate surface area is 113 Å². The number of rotatable bonds is 3. The van der Waals surface area contributed by atoms with E-state index in [0.29, 0.717) is 11.1 Å². The van der Waals surface area contributed by atoms with Gasteiger partial charge in [-0.2, -0.15) is 0 Å². The van der Waals surface area contributed by atoms with Crippen molar-refractivity contribution in [2.24, 2.45) is 0 Å². The van der Waals surface area contributed by atoms with Crippen LogP contribution in [0, 0.1) is 11.6 Å². The number of carbonyl (C=O) groups is 1. The Morgan fingerprint density at radius 2 is 1.74 bits per heavy atom. The van der Waals surface area contributed by atoms with E-state index in [9.17, 15) is 13.6 Å². The van der Waals surface area contributed by atoms with Crippen LogP contribution in [0.2, 0.25) is 5.02 Å². The molecule has 0 atom stereocenters. The van der Waals surface area contributed by atoms with Crippen molar-refractivity contribution in [3.05, 3.63) is 64.2 Å². The molecule has 0 fully saturated rings. The van der Waals surface area contributed by atoms with Crippen LogP contribution >= 0.6 is 11.6 Å². The highest BCUT2D eigenvalue weighted by atomic mass is 35.5. The van der Waals surface area contributed by atoms with Crippen LogP contribution in [0.1, 0.15) is 15.9 Å². The molecule has 0 saturated carbocycles. The SMILES string of the molecule is COc1cc(Cl)ccc1C(=O)c1cc(F)cc(F)c1. The van der Waals surface area contributed by atoms with Crippen molar-refractivity contribution in [2.45, 2.75) is 0 Å². The van der Waals surface area contributed by atoms with Crippen LogP contribution in [0.15, 0.2) is 36.4 Å². The van der Waals surface area contributed by atoms with Crippen molar-refractivity contribution < 1.29 is 18.3 Å². The molecule has 2 aromatic carbocycles. The third-order valence-corrected chi connectivity index (χ3v) is 2.77. The summed E-state index contributed by atoms with van der Waals surface area (Å²) in [7, 11) is 1.38. The summed E-state index contributed by atoms with van der Waals surface area (Å²) in [6, 6.07) is 7.07. The summed E-state index contributed by atoms with van der Waals surface area (Å²) in [5.74, 6) is -1.90. The number of hydrogen-bond acceptors (Lipinski definition) is 2. The standard InChI is InChI=1S/C14H9ClF2O2/c1-19-13-6-9(15)2-3-12(13)14(18)8-4-10(16)7-11(17)5-8/h2-7H,1H3. The van der Waals surface area contributed by atoms with Crippen molar-refractivity contribution in [1.82, 2.24) is 0 Å². The van der Waals surface area contributed by atoms with Crippen LogP contribution in [0.4, 0.5) is 8.78 Å². The number of benzene rings is 2. The fraction of sp³-hybridized carbons (Fsp3) is 0.0714. The summed E-state index contributed by atoms with van der Waals surface area (Å²) in [5.41, 5.74) is 0.107. The summed E-state index contributed by atoms with van der Waals surface area (Å²) in [5, 5.41) is 0.402. The first-order valence-electron chi connectivity index (χ1n) is 5.35. The summed E-state index contributed by atoms with van der Waals surface area (Å²) < 4.78 is 31.2. The smallest absolute Gasteiger partial charge is 0.196 e. The number of carbonyl (C=O) groups excluding carboxylic acids is 1. The van der Waals surface area contributed by atoms with Crippen molar-refractivity contribution in [1.29, 1.82) is 0 Å².